The molecule has 1 fully saturated rings. The molecule has 0 radical (unpaired) electrons. The van der Waals surface area contributed by atoms with E-state index in [1.807, 2.05) is 0 Å². The molecule has 132 valence electrons. The second-order valence-electron chi connectivity index (χ2n) is 6.00. The Morgan fingerprint density at radius 2 is 2.00 bits per heavy atom. The summed E-state index contributed by atoms with van der Waals surface area (Å²) >= 11 is 0.967. The van der Waals surface area contributed by atoms with Gasteiger partial charge in [0.25, 0.3) is 15.9 Å². The SMILES string of the molecule is O=C(Nc1ccc(S(=O)(=O)N2CCOc3ccccc32)s1)C1(O)CC1. The summed E-state index contributed by atoms with van der Waals surface area (Å²) in [6, 6.07) is 9.97. The zero-order valence-electron chi connectivity index (χ0n) is 13.1. The van der Waals surface area contributed by atoms with E-state index in [1.165, 1.54) is 16.4 Å². The first-order valence-corrected chi connectivity index (χ1v) is 10.0. The Kier molecular flexibility index (Phi) is 3.75. The fraction of sp³-hybridized carbons (Fsp3) is 0.312. The minimum absolute atomic E-state index is 0.127. The lowest BCUT2D eigenvalue weighted by Gasteiger charge is -2.29. The van der Waals surface area contributed by atoms with Crippen LogP contribution in [0.15, 0.2) is 40.6 Å². The molecule has 2 aliphatic rings. The molecule has 2 aromatic rings. The number of benzene rings is 1. The molecule has 1 aromatic carbocycles. The monoisotopic (exact) mass is 380 g/mol. The summed E-state index contributed by atoms with van der Waals surface area (Å²) in [7, 11) is -3.75. The lowest BCUT2D eigenvalue weighted by atomic mass is 10.2. The van der Waals surface area contributed by atoms with Gasteiger partial charge in [-0.25, -0.2) is 8.42 Å². The van der Waals surface area contributed by atoms with Crippen molar-refractivity contribution in [2.24, 2.45) is 0 Å². The van der Waals surface area contributed by atoms with E-state index in [-0.39, 0.29) is 17.4 Å². The van der Waals surface area contributed by atoms with Crippen LogP contribution in [0.1, 0.15) is 12.8 Å². The summed E-state index contributed by atoms with van der Waals surface area (Å²) in [4.78, 5) is 11.9. The van der Waals surface area contributed by atoms with Crippen molar-refractivity contribution in [3.8, 4) is 5.75 Å². The number of para-hydroxylation sites is 2. The first-order chi connectivity index (χ1) is 11.9. The number of anilines is 2. The fourth-order valence-electron chi connectivity index (χ4n) is 2.60. The molecule has 2 N–H and O–H groups in total. The van der Waals surface area contributed by atoms with Gasteiger partial charge in [0.1, 0.15) is 22.2 Å². The van der Waals surface area contributed by atoms with Crippen LogP contribution >= 0.6 is 11.3 Å². The van der Waals surface area contributed by atoms with Gasteiger partial charge in [-0.05, 0) is 37.1 Å². The lowest BCUT2D eigenvalue weighted by molar-refractivity contribution is -0.125. The fourth-order valence-corrected chi connectivity index (χ4v) is 5.38. The van der Waals surface area contributed by atoms with Crippen LogP contribution < -0.4 is 14.4 Å². The summed E-state index contributed by atoms with van der Waals surface area (Å²) < 4.78 is 32.9. The highest BCUT2D eigenvalue weighted by molar-refractivity contribution is 7.94. The number of nitrogens with one attached hydrogen (secondary N) is 1. The van der Waals surface area contributed by atoms with Crippen molar-refractivity contribution in [3.05, 3.63) is 36.4 Å². The van der Waals surface area contributed by atoms with E-state index in [0.29, 0.717) is 29.3 Å². The number of ether oxygens (including phenoxy) is 1. The molecule has 0 bridgehead atoms. The lowest BCUT2D eigenvalue weighted by Crippen LogP contribution is -2.37. The highest BCUT2D eigenvalue weighted by Crippen LogP contribution is 2.39. The number of fused-ring (bicyclic) bond motifs is 1. The summed E-state index contributed by atoms with van der Waals surface area (Å²) in [6.07, 6.45) is 0.861. The van der Waals surface area contributed by atoms with Gasteiger partial charge in [-0.3, -0.25) is 9.10 Å². The van der Waals surface area contributed by atoms with Crippen LogP contribution in [0.2, 0.25) is 0 Å². The molecule has 1 aromatic heterocycles. The van der Waals surface area contributed by atoms with Crippen LogP contribution in [0.5, 0.6) is 5.75 Å². The number of hydrogen-bond acceptors (Lipinski definition) is 6. The van der Waals surface area contributed by atoms with Gasteiger partial charge in [0.05, 0.1) is 17.2 Å². The Hall–Kier alpha value is -2.10. The third-order valence-corrected chi connectivity index (χ3v) is 7.48. The summed E-state index contributed by atoms with van der Waals surface area (Å²) in [5.74, 6) is 0.0355. The standard InChI is InChI=1S/C16H16N2O5S2/c19-15(16(20)7-8-16)17-13-5-6-14(24-13)25(21,22)18-9-10-23-12-4-2-1-3-11(12)18/h1-6,20H,7-10H2,(H,17,19). The molecule has 1 saturated carbocycles. The molecule has 9 heteroatoms. The minimum atomic E-state index is -3.75. The number of sulfonamides is 1. The van der Waals surface area contributed by atoms with Crippen molar-refractivity contribution in [3.63, 3.8) is 0 Å². The van der Waals surface area contributed by atoms with E-state index < -0.39 is 21.5 Å². The Bertz CT molecular complexity index is 934. The van der Waals surface area contributed by atoms with E-state index in [9.17, 15) is 18.3 Å². The maximum Gasteiger partial charge on any atom is 0.274 e. The minimum Gasteiger partial charge on any atom is -0.489 e. The number of amides is 1. The van der Waals surface area contributed by atoms with Crippen LogP contribution in [-0.2, 0) is 14.8 Å². The van der Waals surface area contributed by atoms with Crippen molar-refractivity contribution in [1.82, 2.24) is 0 Å². The van der Waals surface area contributed by atoms with Crippen LogP contribution in [-0.4, -0.2) is 38.2 Å². The molecular formula is C16H16N2O5S2. The van der Waals surface area contributed by atoms with Gasteiger partial charge in [-0.1, -0.05) is 12.1 Å². The number of thiophene rings is 1. The van der Waals surface area contributed by atoms with Gasteiger partial charge in [0.2, 0.25) is 0 Å². The first-order valence-electron chi connectivity index (χ1n) is 7.78. The van der Waals surface area contributed by atoms with Crippen molar-refractivity contribution in [2.75, 3.05) is 22.8 Å². The molecule has 1 aliphatic carbocycles. The number of rotatable bonds is 4. The summed E-state index contributed by atoms with van der Waals surface area (Å²) in [6.45, 7) is 0.497. The maximum absolute atomic E-state index is 13.0. The highest BCUT2D eigenvalue weighted by atomic mass is 32.2. The molecular weight excluding hydrogens is 364 g/mol. The third kappa shape index (κ3) is 2.88. The number of hydrogen-bond donors (Lipinski definition) is 2. The number of aliphatic hydroxyl groups is 1. The average Bonchev–Trinajstić information content (AvgIpc) is 3.18. The van der Waals surface area contributed by atoms with Crippen molar-refractivity contribution < 1.29 is 23.1 Å². The Morgan fingerprint density at radius 3 is 2.76 bits per heavy atom. The Labute approximate surface area is 148 Å². The average molecular weight is 380 g/mol. The predicted molar refractivity (Wildman–Crippen MR) is 93.6 cm³/mol. The summed E-state index contributed by atoms with van der Waals surface area (Å²) in [5, 5.41) is 12.8. The topological polar surface area (TPSA) is 95.9 Å². The molecule has 2 heterocycles. The van der Waals surface area contributed by atoms with Crippen molar-refractivity contribution in [2.45, 2.75) is 22.7 Å². The highest BCUT2D eigenvalue weighted by Gasteiger charge is 2.48. The molecule has 0 spiro atoms. The van der Waals surface area contributed by atoms with Gasteiger partial charge < -0.3 is 15.2 Å². The smallest absolute Gasteiger partial charge is 0.274 e. The molecule has 25 heavy (non-hydrogen) atoms. The van der Waals surface area contributed by atoms with E-state index in [2.05, 4.69) is 5.32 Å². The second kappa shape index (κ2) is 5.72. The molecule has 0 atom stereocenters. The third-order valence-electron chi connectivity index (χ3n) is 4.19. The van der Waals surface area contributed by atoms with E-state index in [0.717, 1.165) is 11.3 Å². The predicted octanol–water partition coefficient (Wildman–Crippen LogP) is 1.80. The van der Waals surface area contributed by atoms with Gasteiger partial charge >= 0.3 is 0 Å². The van der Waals surface area contributed by atoms with E-state index in [4.69, 9.17) is 4.74 Å². The normalized spacial score (nSPS) is 18.2. The number of carbonyl (C=O) groups is 1. The van der Waals surface area contributed by atoms with Gasteiger partial charge in [0, 0.05) is 0 Å². The first kappa shape index (κ1) is 16.4. The van der Waals surface area contributed by atoms with Gasteiger partial charge in [-0.15, -0.1) is 11.3 Å². The van der Waals surface area contributed by atoms with Crippen LogP contribution in [0.3, 0.4) is 0 Å². The van der Waals surface area contributed by atoms with Crippen molar-refractivity contribution in [1.29, 1.82) is 0 Å². The molecule has 0 unspecified atom stereocenters. The maximum atomic E-state index is 13.0. The molecule has 7 nitrogen and oxygen atoms in total. The van der Waals surface area contributed by atoms with Gasteiger partial charge in [-0.2, -0.15) is 0 Å². The van der Waals surface area contributed by atoms with E-state index >= 15 is 0 Å². The zero-order valence-corrected chi connectivity index (χ0v) is 14.8. The quantitative estimate of drug-likeness (QED) is 0.843. The van der Waals surface area contributed by atoms with Crippen LogP contribution in [0, 0.1) is 0 Å². The molecule has 1 amide bonds. The zero-order chi connectivity index (χ0) is 17.7. The van der Waals surface area contributed by atoms with Gasteiger partial charge in [0.15, 0.2) is 0 Å². The van der Waals surface area contributed by atoms with Crippen molar-refractivity contribution >= 4 is 38.0 Å². The largest absolute Gasteiger partial charge is 0.489 e. The Balaban J connectivity index is 1.60. The second-order valence-corrected chi connectivity index (χ2v) is 9.17. The van der Waals surface area contributed by atoms with Crippen LogP contribution in [0.25, 0.3) is 0 Å². The number of carbonyl (C=O) groups excluding carboxylic acids is 1. The molecule has 1 aliphatic heterocycles. The summed E-state index contributed by atoms with van der Waals surface area (Å²) in [5.41, 5.74) is -0.799. The number of nitrogens with zero attached hydrogens (tertiary/aromatic N) is 1. The van der Waals surface area contributed by atoms with Crippen LogP contribution in [0.4, 0.5) is 10.7 Å². The Morgan fingerprint density at radius 1 is 1.24 bits per heavy atom. The van der Waals surface area contributed by atoms with E-state index in [1.54, 1.807) is 24.3 Å². The molecule has 4 rings (SSSR count). The molecule has 0 saturated heterocycles.